The van der Waals surface area contributed by atoms with Gasteiger partial charge in [0.15, 0.2) is 5.82 Å². The second-order valence-corrected chi connectivity index (χ2v) is 12.8. The van der Waals surface area contributed by atoms with Crippen molar-refractivity contribution in [1.82, 2.24) is 19.9 Å². The highest BCUT2D eigenvalue weighted by Gasteiger charge is 2.16. The molecule has 0 N–H and O–H groups in total. The Morgan fingerprint density at radius 2 is 0.863 bits per heavy atom. The highest BCUT2D eigenvalue weighted by Crippen LogP contribution is 2.37. The number of hydrogen-bond donors (Lipinski definition) is 0. The van der Waals surface area contributed by atoms with Crippen LogP contribution in [0, 0.1) is 6.92 Å². The summed E-state index contributed by atoms with van der Waals surface area (Å²) in [5.41, 5.74) is 14.0. The van der Waals surface area contributed by atoms with E-state index in [-0.39, 0.29) is 0 Å². The molecule has 9 aromatic rings. The van der Waals surface area contributed by atoms with Gasteiger partial charge in [-0.25, -0.2) is 15.0 Å². The Hall–Kier alpha value is -6.78. The number of benzene rings is 6. The van der Waals surface area contributed by atoms with Gasteiger partial charge in [0.25, 0.3) is 0 Å². The van der Waals surface area contributed by atoms with Gasteiger partial charge in [-0.15, -0.1) is 0 Å². The minimum absolute atomic E-state index is 0.689. The van der Waals surface area contributed by atoms with Crippen molar-refractivity contribution >= 4 is 21.8 Å². The van der Waals surface area contributed by atoms with Crippen molar-refractivity contribution in [2.75, 3.05) is 0 Å². The number of aryl methyl sites for hydroxylation is 1. The molecule has 6 aromatic carbocycles. The largest absolute Gasteiger partial charge is 0.251 e. The summed E-state index contributed by atoms with van der Waals surface area (Å²) in [4.78, 5) is 20.4. The predicted molar refractivity (Wildman–Crippen MR) is 210 cm³/mol. The number of aromatic nitrogens is 4. The van der Waals surface area contributed by atoms with Crippen LogP contribution in [-0.2, 0) is 0 Å². The number of hydrogen-bond acceptors (Lipinski definition) is 4. The topological polar surface area (TPSA) is 51.6 Å². The highest BCUT2D eigenvalue weighted by atomic mass is 14.9. The Morgan fingerprint density at radius 3 is 1.59 bits per heavy atom. The van der Waals surface area contributed by atoms with Crippen LogP contribution < -0.4 is 0 Å². The Balaban J connectivity index is 1.21. The van der Waals surface area contributed by atoms with Gasteiger partial charge in [-0.1, -0.05) is 152 Å². The van der Waals surface area contributed by atoms with Crippen LogP contribution in [0.1, 0.15) is 5.69 Å². The second kappa shape index (κ2) is 12.9. The minimum atomic E-state index is 0.689. The van der Waals surface area contributed by atoms with E-state index in [1.165, 1.54) is 11.1 Å². The van der Waals surface area contributed by atoms with E-state index in [0.29, 0.717) is 5.82 Å². The molecule has 9 rings (SSSR count). The van der Waals surface area contributed by atoms with Crippen molar-refractivity contribution in [3.8, 4) is 67.4 Å². The third-order valence-corrected chi connectivity index (χ3v) is 9.36. The Morgan fingerprint density at radius 1 is 0.333 bits per heavy atom. The van der Waals surface area contributed by atoms with Crippen LogP contribution in [0.5, 0.6) is 0 Å². The zero-order chi connectivity index (χ0) is 34.1. The molecule has 240 valence electrons. The molecular formula is C47H32N4. The van der Waals surface area contributed by atoms with Crippen LogP contribution in [0.15, 0.2) is 176 Å². The normalized spacial score (nSPS) is 11.2. The second-order valence-electron chi connectivity index (χ2n) is 12.8. The van der Waals surface area contributed by atoms with Gasteiger partial charge in [0.05, 0.1) is 28.1 Å². The lowest BCUT2D eigenvalue weighted by Crippen LogP contribution is -1.96. The average Bonchev–Trinajstić information content (AvgIpc) is 3.21. The Labute approximate surface area is 296 Å². The molecule has 0 atom stereocenters. The van der Waals surface area contributed by atoms with Crippen LogP contribution in [0.4, 0.5) is 0 Å². The van der Waals surface area contributed by atoms with Crippen molar-refractivity contribution in [3.63, 3.8) is 0 Å². The smallest absolute Gasteiger partial charge is 0.160 e. The zero-order valence-corrected chi connectivity index (χ0v) is 28.0. The fourth-order valence-corrected chi connectivity index (χ4v) is 6.73. The molecule has 0 aliphatic rings. The molecule has 0 spiro atoms. The van der Waals surface area contributed by atoms with E-state index in [1.54, 1.807) is 0 Å². The maximum Gasteiger partial charge on any atom is 0.160 e. The fourth-order valence-electron chi connectivity index (χ4n) is 6.73. The van der Waals surface area contributed by atoms with Gasteiger partial charge in [0, 0.05) is 38.7 Å². The lowest BCUT2D eigenvalue weighted by molar-refractivity contribution is 1.18. The van der Waals surface area contributed by atoms with Crippen molar-refractivity contribution < 1.29 is 0 Å². The molecule has 0 saturated carbocycles. The maximum atomic E-state index is 5.21. The quantitative estimate of drug-likeness (QED) is 0.168. The minimum Gasteiger partial charge on any atom is -0.251 e. The van der Waals surface area contributed by atoms with Crippen molar-refractivity contribution in [3.05, 3.63) is 182 Å². The van der Waals surface area contributed by atoms with Gasteiger partial charge in [-0.05, 0) is 53.4 Å². The third kappa shape index (κ3) is 5.94. The molecule has 0 aliphatic heterocycles. The molecule has 0 bridgehead atoms. The lowest BCUT2D eigenvalue weighted by Gasteiger charge is -2.14. The number of rotatable bonds is 6. The van der Waals surface area contributed by atoms with Gasteiger partial charge < -0.3 is 0 Å². The van der Waals surface area contributed by atoms with Crippen molar-refractivity contribution in [1.29, 1.82) is 0 Å². The molecule has 0 fully saturated rings. The summed E-state index contributed by atoms with van der Waals surface area (Å²) >= 11 is 0. The summed E-state index contributed by atoms with van der Waals surface area (Å²) in [5, 5.41) is 2.13. The molecule has 0 saturated heterocycles. The summed E-state index contributed by atoms with van der Waals surface area (Å²) in [5.74, 6) is 0.689. The summed E-state index contributed by atoms with van der Waals surface area (Å²) in [7, 11) is 0. The molecule has 0 radical (unpaired) electrons. The number of fused-ring (bicyclic) bond motifs is 3. The number of nitrogens with zero attached hydrogens (tertiary/aromatic N) is 4. The third-order valence-electron chi connectivity index (χ3n) is 9.36. The highest BCUT2D eigenvalue weighted by molar-refractivity contribution is 6.09. The Kier molecular flexibility index (Phi) is 7.67. The van der Waals surface area contributed by atoms with E-state index >= 15 is 0 Å². The zero-order valence-electron chi connectivity index (χ0n) is 28.0. The van der Waals surface area contributed by atoms with E-state index in [0.717, 1.165) is 78.0 Å². The van der Waals surface area contributed by atoms with Crippen molar-refractivity contribution in [2.45, 2.75) is 6.92 Å². The summed E-state index contributed by atoms with van der Waals surface area (Å²) in [6.07, 6.45) is 0. The SMILES string of the molecule is Cc1ccc2ccc3c(-c4cccc(-c5cc(-c6ccc(-c7ccccc7)cc6)nc(-c6ccccc6)n5)c4)cc(-c4ccccc4)nc3c2n1. The molecule has 4 heteroatoms. The monoisotopic (exact) mass is 652 g/mol. The predicted octanol–water partition coefficient (Wildman–Crippen LogP) is 11.9. The first-order valence-corrected chi connectivity index (χ1v) is 17.1. The van der Waals surface area contributed by atoms with E-state index < -0.39 is 0 Å². The van der Waals surface area contributed by atoms with Gasteiger partial charge in [-0.2, -0.15) is 0 Å². The molecule has 3 heterocycles. The van der Waals surface area contributed by atoms with Gasteiger partial charge in [-0.3, -0.25) is 4.98 Å². The molecule has 0 unspecified atom stereocenters. The van der Waals surface area contributed by atoms with Crippen LogP contribution in [0.2, 0.25) is 0 Å². The van der Waals surface area contributed by atoms with Gasteiger partial charge in [0.2, 0.25) is 0 Å². The van der Waals surface area contributed by atoms with E-state index in [4.69, 9.17) is 19.9 Å². The van der Waals surface area contributed by atoms with Gasteiger partial charge in [0.1, 0.15) is 0 Å². The standard InChI is InChI=1S/C47H32N4/c1-31-20-21-36-26-27-40-41(29-42(34-14-7-3-8-15-34)49-46(40)45(36)48-31)38-18-11-19-39(28-38)44-30-43(50-47(51-44)37-16-9-4-10-17-37)35-24-22-33(23-25-35)32-12-5-2-6-13-32/h2-30H,1H3. The molecule has 0 amide bonds. The van der Waals surface area contributed by atoms with E-state index in [9.17, 15) is 0 Å². The first-order chi connectivity index (χ1) is 25.2. The number of pyridine rings is 2. The van der Waals surface area contributed by atoms with Crippen LogP contribution in [-0.4, -0.2) is 19.9 Å². The molecule has 51 heavy (non-hydrogen) atoms. The van der Waals surface area contributed by atoms with Crippen LogP contribution >= 0.6 is 0 Å². The van der Waals surface area contributed by atoms with E-state index in [1.807, 2.05) is 37.3 Å². The van der Waals surface area contributed by atoms with Gasteiger partial charge >= 0.3 is 0 Å². The lowest BCUT2D eigenvalue weighted by atomic mass is 9.95. The summed E-state index contributed by atoms with van der Waals surface area (Å²) in [6.45, 7) is 2.03. The van der Waals surface area contributed by atoms with Crippen LogP contribution in [0.3, 0.4) is 0 Å². The first-order valence-electron chi connectivity index (χ1n) is 17.1. The van der Waals surface area contributed by atoms with E-state index in [2.05, 4.69) is 146 Å². The van der Waals surface area contributed by atoms with Crippen LogP contribution in [0.25, 0.3) is 89.2 Å². The average molecular weight is 653 g/mol. The molecule has 0 aliphatic carbocycles. The van der Waals surface area contributed by atoms with Crippen molar-refractivity contribution in [2.24, 2.45) is 0 Å². The summed E-state index contributed by atoms with van der Waals surface area (Å²) in [6, 6.07) is 61.1. The first kappa shape index (κ1) is 30.3. The maximum absolute atomic E-state index is 5.21. The fraction of sp³-hybridized carbons (Fsp3) is 0.0213. The Bertz CT molecular complexity index is 2670. The molecule has 4 nitrogen and oxygen atoms in total. The molecular weight excluding hydrogens is 621 g/mol. The summed E-state index contributed by atoms with van der Waals surface area (Å²) < 4.78 is 0. The molecule has 3 aromatic heterocycles.